The van der Waals surface area contributed by atoms with Crippen molar-refractivity contribution in [3.63, 3.8) is 0 Å². The van der Waals surface area contributed by atoms with E-state index >= 15 is 0 Å². The summed E-state index contributed by atoms with van der Waals surface area (Å²) in [6, 6.07) is 0. The first-order valence-corrected chi connectivity index (χ1v) is 7.33. The highest BCUT2D eigenvalue weighted by Gasteiger charge is 2.33. The molecule has 1 aliphatic rings. The molecule has 1 fully saturated rings. The molecule has 0 amide bonds. The van der Waals surface area contributed by atoms with Gasteiger partial charge in [0.15, 0.2) is 0 Å². The maximum atomic E-state index is 9.69. The molecular weight excluding hydrogens is 210 g/mol. The van der Waals surface area contributed by atoms with Gasteiger partial charge in [-0.2, -0.15) is 0 Å². The van der Waals surface area contributed by atoms with E-state index in [1.54, 1.807) is 0 Å². The topological polar surface area (TPSA) is 32.3 Å². The van der Waals surface area contributed by atoms with Crippen LogP contribution in [0.5, 0.6) is 0 Å². The summed E-state index contributed by atoms with van der Waals surface area (Å²) in [5.41, 5.74) is 0.0168. The lowest BCUT2D eigenvalue weighted by atomic mass is 9.76. The molecule has 3 unspecified atom stereocenters. The molecule has 17 heavy (non-hydrogen) atoms. The van der Waals surface area contributed by atoms with E-state index in [1.807, 2.05) is 0 Å². The van der Waals surface area contributed by atoms with Crippen LogP contribution in [0.25, 0.3) is 0 Å². The quantitative estimate of drug-likeness (QED) is 0.748. The SMILES string of the molecule is CC(C)CC(C)CNC1(CO)CCCC(C)C1. The zero-order valence-electron chi connectivity index (χ0n) is 12.1. The Bertz CT molecular complexity index is 217. The average molecular weight is 241 g/mol. The van der Waals surface area contributed by atoms with Crippen LogP contribution >= 0.6 is 0 Å². The smallest absolute Gasteiger partial charge is 0.0613 e. The van der Waals surface area contributed by atoms with E-state index < -0.39 is 0 Å². The van der Waals surface area contributed by atoms with Gasteiger partial charge in [-0.25, -0.2) is 0 Å². The summed E-state index contributed by atoms with van der Waals surface area (Å²) < 4.78 is 0. The van der Waals surface area contributed by atoms with E-state index in [1.165, 1.54) is 19.3 Å². The highest BCUT2D eigenvalue weighted by molar-refractivity contribution is 4.92. The molecule has 2 nitrogen and oxygen atoms in total. The maximum Gasteiger partial charge on any atom is 0.0613 e. The first-order valence-electron chi connectivity index (χ1n) is 7.33. The number of aliphatic hydroxyl groups excluding tert-OH is 1. The molecule has 0 aromatic heterocycles. The van der Waals surface area contributed by atoms with Crippen molar-refractivity contribution in [3.05, 3.63) is 0 Å². The zero-order valence-corrected chi connectivity index (χ0v) is 12.1. The molecule has 0 aliphatic heterocycles. The first-order chi connectivity index (χ1) is 7.97. The molecule has 2 N–H and O–H groups in total. The molecule has 3 atom stereocenters. The Kier molecular flexibility index (Phi) is 5.94. The second kappa shape index (κ2) is 6.75. The molecule has 0 aromatic rings. The molecule has 0 spiro atoms. The largest absolute Gasteiger partial charge is 0.394 e. The summed E-state index contributed by atoms with van der Waals surface area (Å²) in [6.07, 6.45) is 6.13. The average Bonchev–Trinajstić information content (AvgIpc) is 2.26. The lowest BCUT2D eigenvalue weighted by molar-refractivity contribution is 0.0952. The maximum absolute atomic E-state index is 9.69. The standard InChI is InChI=1S/C15H31NO/c1-12(2)8-14(4)10-16-15(11-17)7-5-6-13(3)9-15/h12-14,16-17H,5-11H2,1-4H3. The number of nitrogens with one attached hydrogen (secondary N) is 1. The van der Waals surface area contributed by atoms with Crippen LogP contribution in [0.1, 0.15) is 59.8 Å². The molecule has 0 heterocycles. The van der Waals surface area contributed by atoms with Crippen molar-refractivity contribution in [1.29, 1.82) is 0 Å². The Labute approximate surface area is 107 Å². The lowest BCUT2D eigenvalue weighted by Crippen LogP contribution is -2.52. The fraction of sp³-hybridized carbons (Fsp3) is 1.00. The fourth-order valence-corrected chi connectivity index (χ4v) is 3.30. The summed E-state index contributed by atoms with van der Waals surface area (Å²) >= 11 is 0. The molecule has 0 aromatic carbocycles. The van der Waals surface area contributed by atoms with Crippen molar-refractivity contribution in [2.75, 3.05) is 13.2 Å². The predicted molar refractivity (Wildman–Crippen MR) is 74.1 cm³/mol. The summed E-state index contributed by atoms with van der Waals surface area (Å²) in [6.45, 7) is 10.5. The van der Waals surface area contributed by atoms with Crippen LogP contribution < -0.4 is 5.32 Å². The third-order valence-corrected chi connectivity index (χ3v) is 4.09. The first kappa shape index (κ1) is 15.0. The van der Waals surface area contributed by atoms with Crippen LogP contribution in [0, 0.1) is 17.8 Å². The van der Waals surface area contributed by atoms with Gasteiger partial charge in [0.1, 0.15) is 0 Å². The van der Waals surface area contributed by atoms with Crippen LogP contribution in [0.4, 0.5) is 0 Å². The minimum absolute atomic E-state index is 0.0168. The van der Waals surface area contributed by atoms with Crippen LogP contribution in [0.15, 0.2) is 0 Å². The van der Waals surface area contributed by atoms with Gasteiger partial charge in [0.25, 0.3) is 0 Å². The van der Waals surface area contributed by atoms with E-state index in [0.717, 1.165) is 31.2 Å². The number of rotatable bonds is 6. The van der Waals surface area contributed by atoms with Crippen molar-refractivity contribution < 1.29 is 5.11 Å². The van der Waals surface area contributed by atoms with E-state index in [0.29, 0.717) is 12.5 Å². The fourth-order valence-electron chi connectivity index (χ4n) is 3.30. The van der Waals surface area contributed by atoms with E-state index in [2.05, 4.69) is 33.0 Å². The number of hydrogen-bond acceptors (Lipinski definition) is 2. The number of hydrogen-bond donors (Lipinski definition) is 2. The molecule has 102 valence electrons. The normalized spacial score (nSPS) is 31.8. The monoisotopic (exact) mass is 241 g/mol. The van der Waals surface area contributed by atoms with Crippen LogP contribution in [-0.4, -0.2) is 23.8 Å². The summed E-state index contributed by atoms with van der Waals surface area (Å²) in [7, 11) is 0. The molecule has 0 saturated heterocycles. The highest BCUT2D eigenvalue weighted by atomic mass is 16.3. The molecular formula is C15H31NO. The summed E-state index contributed by atoms with van der Waals surface area (Å²) in [5, 5.41) is 13.4. The predicted octanol–water partition coefficient (Wildman–Crippen LogP) is 3.20. The summed E-state index contributed by atoms with van der Waals surface area (Å²) in [4.78, 5) is 0. The van der Waals surface area contributed by atoms with Gasteiger partial charge >= 0.3 is 0 Å². The molecule has 0 bridgehead atoms. The van der Waals surface area contributed by atoms with Gasteiger partial charge in [-0.05, 0) is 43.6 Å². The second-order valence-corrected chi connectivity index (χ2v) is 6.76. The highest BCUT2D eigenvalue weighted by Crippen LogP contribution is 2.32. The minimum atomic E-state index is 0.0168. The van der Waals surface area contributed by atoms with Crippen LogP contribution in [0.3, 0.4) is 0 Å². The van der Waals surface area contributed by atoms with Crippen molar-refractivity contribution in [3.8, 4) is 0 Å². The van der Waals surface area contributed by atoms with Crippen molar-refractivity contribution in [1.82, 2.24) is 5.32 Å². The van der Waals surface area contributed by atoms with Gasteiger partial charge < -0.3 is 10.4 Å². The second-order valence-electron chi connectivity index (χ2n) is 6.76. The van der Waals surface area contributed by atoms with Crippen molar-refractivity contribution >= 4 is 0 Å². The van der Waals surface area contributed by atoms with Gasteiger partial charge in [-0.15, -0.1) is 0 Å². The summed E-state index contributed by atoms with van der Waals surface area (Å²) in [5.74, 6) is 2.22. The molecule has 1 rings (SSSR count). The number of aliphatic hydroxyl groups is 1. The van der Waals surface area contributed by atoms with Gasteiger partial charge in [0.2, 0.25) is 0 Å². The Morgan fingerprint density at radius 1 is 1.35 bits per heavy atom. The van der Waals surface area contributed by atoms with E-state index in [4.69, 9.17) is 0 Å². The zero-order chi connectivity index (χ0) is 12.9. The van der Waals surface area contributed by atoms with E-state index in [9.17, 15) is 5.11 Å². The van der Waals surface area contributed by atoms with Crippen molar-refractivity contribution in [2.45, 2.75) is 65.3 Å². The Balaban J connectivity index is 2.40. The van der Waals surface area contributed by atoms with Crippen LogP contribution in [0.2, 0.25) is 0 Å². The third-order valence-electron chi connectivity index (χ3n) is 4.09. The lowest BCUT2D eigenvalue weighted by Gasteiger charge is -2.40. The Hall–Kier alpha value is -0.0800. The minimum Gasteiger partial charge on any atom is -0.394 e. The molecule has 2 heteroatoms. The third kappa shape index (κ3) is 4.97. The van der Waals surface area contributed by atoms with Gasteiger partial charge in [0.05, 0.1) is 6.61 Å². The Morgan fingerprint density at radius 3 is 2.59 bits per heavy atom. The van der Waals surface area contributed by atoms with E-state index in [-0.39, 0.29) is 5.54 Å². The van der Waals surface area contributed by atoms with Gasteiger partial charge in [-0.3, -0.25) is 0 Å². The molecule has 0 radical (unpaired) electrons. The van der Waals surface area contributed by atoms with Gasteiger partial charge in [0, 0.05) is 5.54 Å². The Morgan fingerprint density at radius 2 is 2.06 bits per heavy atom. The van der Waals surface area contributed by atoms with Crippen molar-refractivity contribution in [2.24, 2.45) is 17.8 Å². The van der Waals surface area contributed by atoms with Gasteiger partial charge in [-0.1, -0.05) is 40.5 Å². The van der Waals surface area contributed by atoms with Crippen LogP contribution in [-0.2, 0) is 0 Å². The molecule has 1 aliphatic carbocycles. The molecule has 1 saturated carbocycles.